The van der Waals surface area contributed by atoms with Gasteiger partial charge in [-0.3, -0.25) is 0 Å². The van der Waals surface area contributed by atoms with Crippen LogP contribution in [0.15, 0.2) is 36.4 Å². The molecule has 0 amide bonds. The fourth-order valence-electron chi connectivity index (χ4n) is 7.20. The van der Waals surface area contributed by atoms with Crippen LogP contribution >= 0.6 is 46.4 Å². The van der Waals surface area contributed by atoms with E-state index in [0.717, 1.165) is 24.9 Å². The molecule has 1 unspecified atom stereocenters. The highest BCUT2D eigenvalue weighted by molar-refractivity contribution is 6.42. The van der Waals surface area contributed by atoms with E-state index in [1.165, 1.54) is 81.8 Å². The van der Waals surface area contributed by atoms with Gasteiger partial charge in [-0.1, -0.05) is 84.2 Å². The maximum Gasteiger partial charge on any atom is 0.0595 e. The molecule has 2 aromatic rings. The van der Waals surface area contributed by atoms with Crippen LogP contribution in [0.4, 0.5) is 0 Å². The third-order valence-corrected chi connectivity index (χ3v) is 10.9. The van der Waals surface area contributed by atoms with Crippen molar-refractivity contribution in [3.63, 3.8) is 0 Å². The monoisotopic (exact) mass is 537 g/mol. The molecule has 1 nitrogen and oxygen atoms in total. The highest BCUT2D eigenvalue weighted by Gasteiger charge is 2.47. The number of benzene rings is 2. The molecule has 4 aliphatic rings. The zero-order chi connectivity index (χ0) is 23.8. The van der Waals surface area contributed by atoms with Crippen molar-refractivity contribution in [2.24, 2.45) is 11.8 Å². The van der Waals surface area contributed by atoms with Crippen molar-refractivity contribution < 1.29 is 0 Å². The first-order chi connectivity index (χ1) is 16.4. The molecule has 0 aromatic heterocycles. The molecule has 4 fully saturated rings. The fraction of sp³-hybridized carbons (Fsp3) is 0.586. The topological polar surface area (TPSA) is 12.0 Å². The predicted octanol–water partition coefficient (Wildman–Crippen LogP) is 9.63. The molecular formula is C29H35Cl4N. The summed E-state index contributed by atoms with van der Waals surface area (Å²) in [5, 5.41) is 6.23. The van der Waals surface area contributed by atoms with E-state index >= 15 is 0 Å². The van der Waals surface area contributed by atoms with Gasteiger partial charge < -0.3 is 5.32 Å². The minimum absolute atomic E-state index is 0.373. The molecule has 184 valence electrons. The lowest BCUT2D eigenvalue weighted by Gasteiger charge is -2.47. The van der Waals surface area contributed by atoms with Crippen LogP contribution in [0.3, 0.4) is 0 Å². The lowest BCUT2D eigenvalue weighted by Crippen LogP contribution is -2.42. The molecular weight excluding hydrogens is 504 g/mol. The molecule has 6 rings (SSSR count). The van der Waals surface area contributed by atoms with Gasteiger partial charge in [-0.15, -0.1) is 0 Å². The van der Waals surface area contributed by atoms with Crippen LogP contribution in [0.25, 0.3) is 0 Å². The molecule has 1 aliphatic heterocycles. The number of hydrogen-bond acceptors (Lipinski definition) is 1. The van der Waals surface area contributed by atoms with Crippen molar-refractivity contribution >= 4 is 46.4 Å². The summed E-state index contributed by atoms with van der Waals surface area (Å²) in [5.41, 5.74) is 3.64. The zero-order valence-corrected chi connectivity index (χ0v) is 22.8. The van der Waals surface area contributed by atoms with Gasteiger partial charge in [0.2, 0.25) is 0 Å². The third-order valence-electron chi connectivity index (χ3n) is 9.46. The van der Waals surface area contributed by atoms with Crippen molar-refractivity contribution in [1.82, 2.24) is 5.32 Å². The molecule has 3 saturated carbocycles. The van der Waals surface area contributed by atoms with Crippen molar-refractivity contribution in [3.05, 3.63) is 67.6 Å². The minimum Gasteiger partial charge on any atom is -0.316 e. The second-order valence-electron chi connectivity index (χ2n) is 10.9. The van der Waals surface area contributed by atoms with Crippen LogP contribution < -0.4 is 5.32 Å². The minimum atomic E-state index is 0.373. The molecule has 1 heterocycles. The fourth-order valence-corrected chi connectivity index (χ4v) is 7.79. The van der Waals surface area contributed by atoms with Crippen LogP contribution in [-0.2, 0) is 10.8 Å². The summed E-state index contributed by atoms with van der Waals surface area (Å²) in [4.78, 5) is 0. The SMILES string of the molecule is Clc1ccc(C2(C3CCCC3)CCC2)cc1Cl.Clc1ccc(C2(C3CCNC3)CCC2)cc1Cl. The second-order valence-corrected chi connectivity index (χ2v) is 12.6. The Bertz CT molecular complexity index is 918. The Labute approximate surface area is 224 Å². The van der Waals surface area contributed by atoms with Gasteiger partial charge in [-0.2, -0.15) is 0 Å². The van der Waals surface area contributed by atoms with E-state index in [0.29, 0.717) is 30.9 Å². The van der Waals surface area contributed by atoms with E-state index < -0.39 is 0 Å². The van der Waals surface area contributed by atoms with Gasteiger partial charge in [-0.25, -0.2) is 0 Å². The summed E-state index contributed by atoms with van der Waals surface area (Å²) in [6, 6.07) is 12.5. The van der Waals surface area contributed by atoms with Gasteiger partial charge in [0.1, 0.15) is 0 Å². The van der Waals surface area contributed by atoms with Gasteiger partial charge in [0, 0.05) is 0 Å². The molecule has 0 spiro atoms. The predicted molar refractivity (Wildman–Crippen MR) is 147 cm³/mol. The number of rotatable bonds is 4. The number of hydrogen-bond donors (Lipinski definition) is 1. The van der Waals surface area contributed by atoms with Gasteiger partial charge in [0.25, 0.3) is 0 Å². The van der Waals surface area contributed by atoms with Gasteiger partial charge in [0.15, 0.2) is 0 Å². The highest BCUT2D eigenvalue weighted by atomic mass is 35.5. The molecule has 5 heteroatoms. The average Bonchev–Trinajstić information content (AvgIpc) is 3.47. The Morgan fingerprint density at radius 3 is 1.47 bits per heavy atom. The Morgan fingerprint density at radius 1 is 0.588 bits per heavy atom. The van der Waals surface area contributed by atoms with E-state index in [1.807, 2.05) is 12.1 Å². The molecule has 1 atom stereocenters. The van der Waals surface area contributed by atoms with Gasteiger partial charge >= 0.3 is 0 Å². The molecule has 2 aromatic carbocycles. The Morgan fingerprint density at radius 2 is 1.09 bits per heavy atom. The first-order valence-corrected chi connectivity index (χ1v) is 14.6. The summed E-state index contributed by atoms with van der Waals surface area (Å²) < 4.78 is 0. The molecule has 0 bridgehead atoms. The maximum absolute atomic E-state index is 6.18. The quantitative estimate of drug-likeness (QED) is 0.408. The van der Waals surface area contributed by atoms with E-state index in [9.17, 15) is 0 Å². The van der Waals surface area contributed by atoms with Crippen LogP contribution in [0, 0.1) is 11.8 Å². The van der Waals surface area contributed by atoms with Crippen LogP contribution in [-0.4, -0.2) is 13.1 Å². The summed E-state index contributed by atoms with van der Waals surface area (Å²) in [5.74, 6) is 1.65. The van der Waals surface area contributed by atoms with E-state index in [-0.39, 0.29) is 0 Å². The smallest absolute Gasteiger partial charge is 0.0595 e. The van der Waals surface area contributed by atoms with Crippen molar-refractivity contribution in [2.75, 3.05) is 13.1 Å². The highest BCUT2D eigenvalue weighted by Crippen LogP contribution is 2.55. The van der Waals surface area contributed by atoms with Gasteiger partial charge in [0.05, 0.1) is 20.1 Å². The first-order valence-electron chi connectivity index (χ1n) is 13.1. The van der Waals surface area contributed by atoms with Crippen LogP contribution in [0.2, 0.25) is 20.1 Å². The van der Waals surface area contributed by atoms with E-state index in [4.69, 9.17) is 46.4 Å². The Kier molecular flexibility index (Phi) is 7.79. The van der Waals surface area contributed by atoms with Crippen LogP contribution in [0.1, 0.15) is 81.8 Å². The molecule has 34 heavy (non-hydrogen) atoms. The average molecular weight is 539 g/mol. The number of halogens is 4. The standard InChI is InChI=1S/C15H18Cl2.C14H17Cl2N/c16-13-7-6-12(10-14(13)17)15(8-3-9-15)11-4-1-2-5-11;15-12-3-2-10(8-13(12)16)14(5-1-6-14)11-4-7-17-9-11/h6-7,10-11H,1-5,8-9H2;2-3,8,11,17H,1,4-7,9H2. The second kappa shape index (κ2) is 10.5. The van der Waals surface area contributed by atoms with Crippen molar-refractivity contribution in [2.45, 2.75) is 81.5 Å². The van der Waals surface area contributed by atoms with Crippen molar-refractivity contribution in [1.29, 1.82) is 0 Å². The lowest BCUT2D eigenvalue weighted by atomic mass is 9.57. The maximum atomic E-state index is 6.18. The summed E-state index contributed by atoms with van der Waals surface area (Å²) in [7, 11) is 0. The molecule has 3 aliphatic carbocycles. The van der Waals surface area contributed by atoms with Gasteiger partial charge in [-0.05, 0) is 116 Å². The zero-order valence-electron chi connectivity index (χ0n) is 19.8. The first kappa shape index (κ1) is 25.2. The van der Waals surface area contributed by atoms with E-state index in [2.05, 4.69) is 29.6 Å². The summed E-state index contributed by atoms with van der Waals surface area (Å²) in [6.45, 7) is 2.31. The number of nitrogens with one attached hydrogen (secondary N) is 1. The molecule has 1 saturated heterocycles. The van der Waals surface area contributed by atoms with Crippen molar-refractivity contribution in [3.8, 4) is 0 Å². The normalized spacial score (nSPS) is 25.2. The Hall–Kier alpha value is -0.440. The van der Waals surface area contributed by atoms with Crippen LogP contribution in [0.5, 0.6) is 0 Å². The molecule has 1 N–H and O–H groups in total. The van der Waals surface area contributed by atoms with E-state index in [1.54, 1.807) is 0 Å². The summed E-state index contributed by atoms with van der Waals surface area (Å²) >= 11 is 24.4. The summed E-state index contributed by atoms with van der Waals surface area (Å²) in [6.07, 6.45) is 14.9. The lowest BCUT2D eigenvalue weighted by molar-refractivity contribution is 0.148. The largest absolute Gasteiger partial charge is 0.316 e. The molecule has 0 radical (unpaired) electrons. The Balaban J connectivity index is 0.000000142. The third kappa shape index (κ3) is 4.66.